The molecule has 6 heteroatoms. The Kier molecular flexibility index (Phi) is 5.09. The van der Waals surface area contributed by atoms with Crippen molar-refractivity contribution in [1.29, 1.82) is 0 Å². The van der Waals surface area contributed by atoms with Gasteiger partial charge in [0, 0.05) is 11.8 Å². The Morgan fingerprint density at radius 3 is 2.65 bits per heavy atom. The van der Waals surface area contributed by atoms with E-state index in [1.807, 2.05) is 0 Å². The van der Waals surface area contributed by atoms with Crippen molar-refractivity contribution in [3.05, 3.63) is 18.2 Å². The van der Waals surface area contributed by atoms with Crippen molar-refractivity contribution in [2.75, 3.05) is 32.7 Å². The van der Waals surface area contributed by atoms with Crippen molar-refractivity contribution >= 4 is 11.6 Å². The maximum absolute atomic E-state index is 8.60. The smallest absolute Gasteiger partial charge is 0.193 e. The van der Waals surface area contributed by atoms with Crippen LogP contribution in [0.4, 0.5) is 5.69 Å². The molecule has 0 unspecified atom stereocenters. The van der Waals surface area contributed by atoms with Gasteiger partial charge in [-0.3, -0.25) is 4.99 Å². The highest BCUT2D eigenvalue weighted by atomic mass is 16.5. The van der Waals surface area contributed by atoms with Crippen LogP contribution in [-0.2, 0) is 0 Å². The quantitative estimate of drug-likeness (QED) is 0.512. The van der Waals surface area contributed by atoms with Gasteiger partial charge < -0.3 is 25.6 Å². The highest BCUT2D eigenvalue weighted by Crippen LogP contribution is 2.29. The zero-order valence-electron chi connectivity index (χ0n) is 9.93. The van der Waals surface area contributed by atoms with E-state index in [-0.39, 0.29) is 19.1 Å². The first kappa shape index (κ1) is 13.1. The summed E-state index contributed by atoms with van der Waals surface area (Å²) >= 11 is 0. The van der Waals surface area contributed by atoms with Gasteiger partial charge in [-0.15, -0.1) is 0 Å². The van der Waals surface area contributed by atoms with Crippen LogP contribution in [0.1, 0.15) is 0 Å². The molecule has 4 N–H and O–H groups in total. The van der Waals surface area contributed by atoms with Crippen LogP contribution in [0.3, 0.4) is 0 Å². The van der Waals surface area contributed by atoms with Crippen molar-refractivity contribution in [1.82, 2.24) is 0 Å². The van der Waals surface area contributed by atoms with Crippen LogP contribution in [0.15, 0.2) is 23.2 Å². The number of nitrogens with one attached hydrogen (secondary N) is 1. The molecule has 1 aromatic rings. The summed E-state index contributed by atoms with van der Waals surface area (Å²) in [5, 5.41) is 11.5. The summed E-state index contributed by atoms with van der Waals surface area (Å²) in [6.07, 6.45) is 0. The Hall–Kier alpha value is -1.95. The molecule has 0 radical (unpaired) electrons. The zero-order chi connectivity index (χ0) is 12.7. The fourth-order valence-corrected chi connectivity index (χ4v) is 1.27. The summed E-state index contributed by atoms with van der Waals surface area (Å²) in [5.74, 6) is 1.49. The van der Waals surface area contributed by atoms with Gasteiger partial charge in [-0.1, -0.05) is 0 Å². The number of hydrogen-bond donors (Lipinski definition) is 3. The average Bonchev–Trinajstić information content (AvgIpc) is 2.36. The zero-order valence-corrected chi connectivity index (χ0v) is 9.93. The maximum Gasteiger partial charge on any atom is 0.193 e. The number of methoxy groups -OCH3 is 2. The number of benzene rings is 1. The molecule has 1 rings (SSSR count). The predicted molar refractivity (Wildman–Crippen MR) is 66.7 cm³/mol. The monoisotopic (exact) mass is 239 g/mol. The number of aliphatic hydroxyl groups is 1. The summed E-state index contributed by atoms with van der Waals surface area (Å²) in [6, 6.07) is 5.31. The van der Waals surface area contributed by atoms with Gasteiger partial charge in [0.25, 0.3) is 0 Å². The van der Waals surface area contributed by atoms with Crippen LogP contribution in [0.2, 0.25) is 0 Å². The molecular formula is C11H17N3O3. The highest BCUT2D eigenvalue weighted by Gasteiger charge is 2.04. The van der Waals surface area contributed by atoms with Crippen molar-refractivity contribution in [2.24, 2.45) is 10.7 Å². The fourth-order valence-electron chi connectivity index (χ4n) is 1.27. The molecule has 0 bridgehead atoms. The molecule has 0 saturated carbocycles. The second kappa shape index (κ2) is 6.59. The van der Waals surface area contributed by atoms with Gasteiger partial charge in [-0.05, 0) is 12.1 Å². The van der Waals surface area contributed by atoms with Gasteiger partial charge in [0.15, 0.2) is 17.5 Å². The van der Waals surface area contributed by atoms with E-state index in [0.29, 0.717) is 11.5 Å². The lowest BCUT2D eigenvalue weighted by molar-refractivity contribution is 0.307. The van der Waals surface area contributed by atoms with E-state index in [0.717, 1.165) is 5.69 Å². The molecule has 0 aliphatic heterocycles. The minimum Gasteiger partial charge on any atom is -0.493 e. The number of guanidine groups is 1. The number of anilines is 1. The van der Waals surface area contributed by atoms with E-state index in [1.54, 1.807) is 32.4 Å². The van der Waals surface area contributed by atoms with Gasteiger partial charge in [0.05, 0.1) is 27.4 Å². The lowest BCUT2D eigenvalue weighted by atomic mass is 10.3. The Bertz CT molecular complexity index is 394. The molecule has 0 aliphatic carbocycles. The van der Waals surface area contributed by atoms with E-state index in [4.69, 9.17) is 20.3 Å². The molecule has 0 aromatic heterocycles. The van der Waals surface area contributed by atoms with E-state index in [1.165, 1.54) is 0 Å². The number of nitrogens with two attached hydrogens (primary N) is 1. The first-order valence-corrected chi connectivity index (χ1v) is 5.11. The molecule has 94 valence electrons. The number of ether oxygens (including phenoxy) is 2. The standard InChI is InChI=1S/C11H17N3O3/c1-16-9-4-3-8(7-10(9)17-2)14-11(12)13-5-6-15/h3-4,7,15H,5-6H2,1-2H3,(H3,12,13,14). The van der Waals surface area contributed by atoms with E-state index in [9.17, 15) is 0 Å². The molecular weight excluding hydrogens is 222 g/mol. The topological polar surface area (TPSA) is 89.1 Å². The van der Waals surface area contributed by atoms with E-state index < -0.39 is 0 Å². The largest absolute Gasteiger partial charge is 0.493 e. The van der Waals surface area contributed by atoms with Crippen molar-refractivity contribution < 1.29 is 14.6 Å². The minimum atomic E-state index is -0.0334. The molecule has 0 amide bonds. The lowest BCUT2D eigenvalue weighted by Crippen LogP contribution is -2.23. The van der Waals surface area contributed by atoms with Crippen LogP contribution in [0.25, 0.3) is 0 Å². The van der Waals surface area contributed by atoms with E-state index >= 15 is 0 Å². The van der Waals surface area contributed by atoms with Gasteiger partial charge in [-0.2, -0.15) is 0 Å². The third-order valence-corrected chi connectivity index (χ3v) is 2.04. The molecule has 0 heterocycles. The first-order valence-electron chi connectivity index (χ1n) is 5.11. The van der Waals surface area contributed by atoms with Gasteiger partial charge in [0.2, 0.25) is 0 Å². The van der Waals surface area contributed by atoms with Crippen LogP contribution < -0.4 is 20.5 Å². The summed E-state index contributed by atoms with van der Waals surface area (Å²) in [7, 11) is 3.13. The van der Waals surface area contributed by atoms with Gasteiger partial charge in [-0.25, -0.2) is 0 Å². The molecule has 0 atom stereocenters. The Balaban J connectivity index is 2.78. The van der Waals surface area contributed by atoms with Crippen LogP contribution >= 0.6 is 0 Å². The normalized spacial score (nSPS) is 11.1. The Morgan fingerprint density at radius 2 is 2.06 bits per heavy atom. The molecule has 1 aromatic carbocycles. The van der Waals surface area contributed by atoms with Crippen LogP contribution in [0.5, 0.6) is 11.5 Å². The molecule has 6 nitrogen and oxygen atoms in total. The maximum atomic E-state index is 8.60. The Morgan fingerprint density at radius 1 is 1.35 bits per heavy atom. The lowest BCUT2D eigenvalue weighted by Gasteiger charge is -2.10. The first-order chi connectivity index (χ1) is 8.21. The van der Waals surface area contributed by atoms with Gasteiger partial charge in [0.1, 0.15) is 0 Å². The average molecular weight is 239 g/mol. The molecule has 17 heavy (non-hydrogen) atoms. The summed E-state index contributed by atoms with van der Waals surface area (Å²) in [6.45, 7) is 0.237. The van der Waals surface area contributed by atoms with Crippen LogP contribution in [0, 0.1) is 0 Å². The summed E-state index contributed by atoms with van der Waals surface area (Å²) in [4.78, 5) is 3.90. The predicted octanol–water partition coefficient (Wildman–Crippen LogP) is 0.423. The summed E-state index contributed by atoms with van der Waals surface area (Å²) < 4.78 is 10.3. The molecule has 0 fully saturated rings. The molecule has 0 aliphatic rings. The number of hydrogen-bond acceptors (Lipinski definition) is 4. The van der Waals surface area contributed by atoms with Crippen molar-refractivity contribution in [3.8, 4) is 11.5 Å². The van der Waals surface area contributed by atoms with E-state index in [2.05, 4.69) is 10.3 Å². The fraction of sp³-hybridized carbons (Fsp3) is 0.364. The third-order valence-electron chi connectivity index (χ3n) is 2.04. The number of aliphatic hydroxyl groups excluding tert-OH is 1. The minimum absolute atomic E-state index is 0.0334. The summed E-state index contributed by atoms with van der Waals surface area (Å²) in [5.41, 5.74) is 6.35. The third kappa shape index (κ3) is 3.84. The van der Waals surface area contributed by atoms with Gasteiger partial charge >= 0.3 is 0 Å². The van der Waals surface area contributed by atoms with Crippen LogP contribution in [-0.4, -0.2) is 38.4 Å². The molecule has 0 spiro atoms. The second-order valence-electron chi connectivity index (χ2n) is 3.19. The van der Waals surface area contributed by atoms with Crippen molar-refractivity contribution in [3.63, 3.8) is 0 Å². The number of nitrogens with zero attached hydrogens (tertiary/aromatic N) is 1. The number of aliphatic imine (C=N–C) groups is 1. The highest BCUT2D eigenvalue weighted by molar-refractivity contribution is 5.92. The molecule has 0 saturated heterocycles. The van der Waals surface area contributed by atoms with Crippen molar-refractivity contribution in [2.45, 2.75) is 0 Å². The number of rotatable bonds is 5. The second-order valence-corrected chi connectivity index (χ2v) is 3.19. The Labute approximate surface area is 100 Å². The SMILES string of the molecule is COc1ccc(NC(N)=NCCO)cc1OC.